The molecule has 104 valence electrons. The summed E-state index contributed by atoms with van der Waals surface area (Å²) in [7, 11) is 0. The Morgan fingerprint density at radius 1 is 1.20 bits per heavy atom. The summed E-state index contributed by atoms with van der Waals surface area (Å²) in [6.07, 6.45) is 2.74. The molecule has 1 atom stereocenters. The van der Waals surface area contributed by atoms with Crippen molar-refractivity contribution in [2.45, 2.75) is 31.9 Å². The molecule has 3 heteroatoms. The average Bonchev–Trinajstić information content (AvgIpc) is 3.25. The van der Waals surface area contributed by atoms with Crippen LogP contribution in [0, 0.1) is 6.92 Å². The molecule has 3 rings (SSSR count). The van der Waals surface area contributed by atoms with E-state index in [0.29, 0.717) is 6.10 Å². The van der Waals surface area contributed by atoms with Crippen molar-refractivity contribution in [3.05, 3.63) is 63.6 Å². The van der Waals surface area contributed by atoms with E-state index in [1.807, 2.05) is 12.1 Å². The highest BCUT2D eigenvalue weighted by molar-refractivity contribution is 9.10. The van der Waals surface area contributed by atoms with Gasteiger partial charge in [0.05, 0.1) is 12.1 Å². The van der Waals surface area contributed by atoms with Crippen molar-refractivity contribution in [2.75, 3.05) is 0 Å². The van der Waals surface area contributed by atoms with E-state index in [4.69, 9.17) is 10.5 Å². The maximum absolute atomic E-state index is 6.42. The third kappa shape index (κ3) is 3.05. The van der Waals surface area contributed by atoms with E-state index in [-0.39, 0.29) is 6.04 Å². The molecule has 0 aromatic heterocycles. The molecule has 2 aromatic carbocycles. The van der Waals surface area contributed by atoms with Crippen molar-refractivity contribution in [3.8, 4) is 5.75 Å². The highest BCUT2D eigenvalue weighted by Gasteiger charge is 2.23. The standard InChI is InChI=1S/C17H18BrNO/c1-11-5-8-16(18)15(9-11)17(19)12-3-2-4-14(10-12)20-13-6-7-13/h2-5,8-10,13,17H,6-7,19H2,1H3. The monoisotopic (exact) mass is 331 g/mol. The van der Waals surface area contributed by atoms with Gasteiger partial charge >= 0.3 is 0 Å². The summed E-state index contributed by atoms with van der Waals surface area (Å²) in [5, 5.41) is 0. The number of hydrogen-bond acceptors (Lipinski definition) is 2. The summed E-state index contributed by atoms with van der Waals surface area (Å²) in [5.41, 5.74) is 9.81. The smallest absolute Gasteiger partial charge is 0.120 e. The number of hydrogen-bond donors (Lipinski definition) is 1. The highest BCUT2D eigenvalue weighted by Crippen LogP contribution is 2.31. The number of halogens is 1. The van der Waals surface area contributed by atoms with Crippen LogP contribution in [0.2, 0.25) is 0 Å². The van der Waals surface area contributed by atoms with Gasteiger partial charge in [0.15, 0.2) is 0 Å². The number of rotatable bonds is 4. The van der Waals surface area contributed by atoms with E-state index in [1.54, 1.807) is 0 Å². The normalized spacial score (nSPS) is 15.9. The van der Waals surface area contributed by atoms with Gasteiger partial charge in [-0.1, -0.05) is 45.8 Å². The molecule has 1 saturated carbocycles. The zero-order valence-corrected chi connectivity index (χ0v) is 13.1. The molecule has 0 aliphatic heterocycles. The Morgan fingerprint density at radius 2 is 2.00 bits per heavy atom. The first-order valence-electron chi connectivity index (χ1n) is 6.92. The fraction of sp³-hybridized carbons (Fsp3) is 0.294. The molecule has 1 unspecified atom stereocenters. The molecule has 1 fully saturated rings. The van der Waals surface area contributed by atoms with Crippen LogP contribution in [0.5, 0.6) is 5.75 Å². The molecule has 20 heavy (non-hydrogen) atoms. The van der Waals surface area contributed by atoms with Gasteiger partial charge in [0, 0.05) is 4.47 Å². The van der Waals surface area contributed by atoms with Crippen LogP contribution in [0.3, 0.4) is 0 Å². The summed E-state index contributed by atoms with van der Waals surface area (Å²) in [6.45, 7) is 2.08. The molecule has 2 nitrogen and oxygen atoms in total. The molecule has 2 N–H and O–H groups in total. The number of ether oxygens (including phenoxy) is 1. The van der Waals surface area contributed by atoms with Crippen molar-refractivity contribution >= 4 is 15.9 Å². The van der Waals surface area contributed by atoms with Crippen LogP contribution in [-0.4, -0.2) is 6.10 Å². The lowest BCUT2D eigenvalue weighted by molar-refractivity contribution is 0.303. The van der Waals surface area contributed by atoms with Gasteiger partial charge in [0.2, 0.25) is 0 Å². The predicted octanol–water partition coefficient (Wildman–Crippen LogP) is 4.35. The van der Waals surface area contributed by atoms with Crippen LogP contribution in [0.25, 0.3) is 0 Å². The van der Waals surface area contributed by atoms with Gasteiger partial charge in [0.25, 0.3) is 0 Å². The first-order valence-corrected chi connectivity index (χ1v) is 7.71. The van der Waals surface area contributed by atoms with Crippen LogP contribution in [0.15, 0.2) is 46.9 Å². The zero-order valence-electron chi connectivity index (χ0n) is 11.5. The second-order valence-corrected chi connectivity index (χ2v) is 6.25. The van der Waals surface area contributed by atoms with Crippen LogP contribution in [-0.2, 0) is 0 Å². The Hall–Kier alpha value is -1.32. The molecule has 0 heterocycles. The van der Waals surface area contributed by atoms with Crippen molar-refractivity contribution < 1.29 is 4.74 Å². The minimum atomic E-state index is -0.146. The van der Waals surface area contributed by atoms with Crippen LogP contribution in [0.1, 0.15) is 35.6 Å². The fourth-order valence-corrected chi connectivity index (χ4v) is 2.73. The quantitative estimate of drug-likeness (QED) is 0.904. The topological polar surface area (TPSA) is 35.2 Å². The summed E-state index contributed by atoms with van der Waals surface area (Å²) in [4.78, 5) is 0. The fourth-order valence-electron chi connectivity index (χ4n) is 2.24. The highest BCUT2D eigenvalue weighted by atomic mass is 79.9. The second kappa shape index (κ2) is 5.58. The van der Waals surface area contributed by atoms with Crippen molar-refractivity contribution in [1.82, 2.24) is 0 Å². The van der Waals surface area contributed by atoms with Crippen molar-refractivity contribution in [2.24, 2.45) is 5.73 Å². The molecule has 0 amide bonds. The zero-order chi connectivity index (χ0) is 14.1. The molecule has 2 aromatic rings. The first-order chi connectivity index (χ1) is 9.63. The molecule has 0 spiro atoms. The minimum absolute atomic E-state index is 0.146. The average molecular weight is 332 g/mol. The SMILES string of the molecule is Cc1ccc(Br)c(C(N)c2cccc(OC3CC3)c2)c1. The van der Waals surface area contributed by atoms with Crippen molar-refractivity contribution in [1.29, 1.82) is 0 Å². The maximum atomic E-state index is 6.42. The lowest BCUT2D eigenvalue weighted by atomic mass is 9.98. The van der Waals surface area contributed by atoms with E-state index >= 15 is 0 Å². The van der Waals surface area contributed by atoms with Gasteiger partial charge in [-0.15, -0.1) is 0 Å². The van der Waals surface area contributed by atoms with E-state index in [9.17, 15) is 0 Å². The molecular weight excluding hydrogens is 314 g/mol. The Labute approximate surface area is 128 Å². The Bertz CT molecular complexity index is 622. The Morgan fingerprint density at radius 3 is 2.75 bits per heavy atom. The number of benzene rings is 2. The van der Waals surface area contributed by atoms with Crippen LogP contribution in [0.4, 0.5) is 0 Å². The summed E-state index contributed by atoms with van der Waals surface area (Å²) >= 11 is 3.59. The lowest BCUT2D eigenvalue weighted by Crippen LogP contribution is -2.13. The maximum Gasteiger partial charge on any atom is 0.120 e. The predicted molar refractivity (Wildman–Crippen MR) is 85.0 cm³/mol. The minimum Gasteiger partial charge on any atom is -0.490 e. The van der Waals surface area contributed by atoms with Gasteiger partial charge in [-0.25, -0.2) is 0 Å². The number of nitrogens with two attached hydrogens (primary N) is 1. The third-order valence-electron chi connectivity index (χ3n) is 3.53. The summed E-state index contributed by atoms with van der Waals surface area (Å²) in [6, 6.07) is 14.2. The van der Waals surface area contributed by atoms with Crippen LogP contribution < -0.4 is 10.5 Å². The molecule has 1 aliphatic rings. The summed E-state index contributed by atoms with van der Waals surface area (Å²) in [5.74, 6) is 0.921. The first kappa shape index (κ1) is 13.7. The van der Waals surface area contributed by atoms with Gasteiger partial charge in [0.1, 0.15) is 5.75 Å². The Kier molecular flexibility index (Phi) is 3.81. The Balaban J connectivity index is 1.88. The van der Waals surface area contributed by atoms with Gasteiger partial charge < -0.3 is 10.5 Å². The lowest BCUT2D eigenvalue weighted by Gasteiger charge is -2.16. The van der Waals surface area contributed by atoms with Gasteiger partial charge in [-0.3, -0.25) is 0 Å². The third-order valence-corrected chi connectivity index (χ3v) is 4.25. The molecule has 0 bridgehead atoms. The summed E-state index contributed by atoms with van der Waals surface area (Å²) < 4.78 is 6.88. The van der Waals surface area contributed by atoms with E-state index < -0.39 is 0 Å². The molecule has 0 saturated heterocycles. The van der Waals surface area contributed by atoms with Gasteiger partial charge in [-0.05, 0) is 49.1 Å². The molecule has 1 aliphatic carbocycles. The van der Waals surface area contributed by atoms with Crippen LogP contribution >= 0.6 is 15.9 Å². The second-order valence-electron chi connectivity index (χ2n) is 5.39. The van der Waals surface area contributed by atoms with E-state index in [0.717, 1.165) is 21.3 Å². The number of aryl methyl sites for hydroxylation is 1. The van der Waals surface area contributed by atoms with Gasteiger partial charge in [-0.2, -0.15) is 0 Å². The van der Waals surface area contributed by atoms with E-state index in [1.165, 1.54) is 18.4 Å². The molecule has 0 radical (unpaired) electrons. The van der Waals surface area contributed by atoms with Crippen molar-refractivity contribution in [3.63, 3.8) is 0 Å². The van der Waals surface area contributed by atoms with E-state index in [2.05, 4.69) is 53.2 Å². The largest absolute Gasteiger partial charge is 0.490 e. The molecular formula is C17H18BrNO.